The third kappa shape index (κ3) is 7.88. The van der Waals surface area contributed by atoms with Crippen LogP contribution in [0.3, 0.4) is 0 Å². The van der Waals surface area contributed by atoms with Crippen LogP contribution in [-0.2, 0) is 21.0 Å². The number of halogens is 4. The number of rotatable bonds is 4. The molecule has 2 aliphatic heterocycles. The fourth-order valence-electron chi connectivity index (χ4n) is 3.69. The summed E-state index contributed by atoms with van der Waals surface area (Å²) in [7, 11) is 0. The number of oxime groups is 1. The molecular weight excluding hydrogens is 502 g/mol. The molecule has 10 nitrogen and oxygen atoms in total. The number of carbonyl (C=O) groups is 3. The normalized spacial score (nSPS) is 18.7. The molecule has 0 bridgehead atoms. The molecule has 0 radical (unpaired) electrons. The molecule has 0 saturated carbocycles. The second-order valence-corrected chi connectivity index (χ2v) is 8.30. The maximum absolute atomic E-state index is 13.3. The minimum Gasteiger partial charge on any atom is -0.475 e. The summed E-state index contributed by atoms with van der Waals surface area (Å²) in [6.07, 6.45) is 0.0140. The average molecular weight is 525 g/mol. The predicted octanol–water partition coefficient (Wildman–Crippen LogP) is 3.31. The molecule has 1 spiro atoms. The van der Waals surface area contributed by atoms with Crippen molar-refractivity contribution in [2.45, 2.75) is 37.6 Å². The standard InChI is InChI=1S/C21H22FN5O3.C2HF3O2/c22-16-5-1-6-17(10-16)25-20(29)27-9-3-7-21(14-27)11-18(26-30-21)19(28)24-13-15-4-2-8-23-12-15;3-2(4,5)1(6)7/h1-2,4-6,8,10,12H,3,7,9,11,13-14H2,(H,24,28)(H,25,29);(H,6,7). The monoisotopic (exact) mass is 525 g/mol. The van der Waals surface area contributed by atoms with Crippen molar-refractivity contribution < 1.29 is 41.9 Å². The lowest BCUT2D eigenvalue weighted by atomic mass is 9.88. The van der Waals surface area contributed by atoms with Crippen molar-refractivity contribution in [1.82, 2.24) is 15.2 Å². The van der Waals surface area contributed by atoms with Crippen LogP contribution >= 0.6 is 0 Å². The summed E-state index contributed by atoms with van der Waals surface area (Å²) in [5, 5.41) is 16.6. The highest BCUT2D eigenvalue weighted by Gasteiger charge is 2.45. The van der Waals surface area contributed by atoms with Gasteiger partial charge in [-0.15, -0.1) is 0 Å². The quantitative estimate of drug-likeness (QED) is 0.525. The van der Waals surface area contributed by atoms with Crippen molar-refractivity contribution in [2.75, 3.05) is 18.4 Å². The fraction of sp³-hybridized carbons (Fsp3) is 0.348. The average Bonchev–Trinajstić information content (AvgIpc) is 3.26. The predicted molar refractivity (Wildman–Crippen MR) is 122 cm³/mol. The molecule has 1 aromatic heterocycles. The van der Waals surface area contributed by atoms with Crippen LogP contribution in [0, 0.1) is 5.82 Å². The molecule has 3 heterocycles. The van der Waals surface area contributed by atoms with E-state index in [0.717, 1.165) is 12.0 Å². The van der Waals surface area contributed by atoms with Crippen molar-refractivity contribution in [1.29, 1.82) is 0 Å². The maximum Gasteiger partial charge on any atom is 0.490 e. The molecule has 198 valence electrons. The highest BCUT2D eigenvalue weighted by Crippen LogP contribution is 2.33. The summed E-state index contributed by atoms with van der Waals surface area (Å²) >= 11 is 0. The molecule has 0 aliphatic carbocycles. The number of urea groups is 1. The Bertz CT molecular complexity index is 1160. The molecule has 14 heteroatoms. The fourth-order valence-corrected chi connectivity index (χ4v) is 3.69. The number of anilines is 1. The summed E-state index contributed by atoms with van der Waals surface area (Å²) in [6.45, 7) is 1.20. The van der Waals surface area contributed by atoms with Crippen LogP contribution in [-0.4, -0.2) is 63.5 Å². The number of nitrogens with one attached hydrogen (secondary N) is 2. The van der Waals surface area contributed by atoms with Gasteiger partial charge in [0.1, 0.15) is 11.5 Å². The Hall–Kier alpha value is -4.23. The molecule has 1 unspecified atom stereocenters. The highest BCUT2D eigenvalue weighted by molar-refractivity contribution is 6.39. The highest BCUT2D eigenvalue weighted by atomic mass is 19.4. The van der Waals surface area contributed by atoms with Gasteiger partial charge < -0.3 is 25.5 Å². The number of hydrogen-bond donors (Lipinski definition) is 3. The number of likely N-dealkylation sites (tertiary alicyclic amines) is 1. The Morgan fingerprint density at radius 1 is 1.19 bits per heavy atom. The van der Waals surface area contributed by atoms with Gasteiger partial charge in [0, 0.05) is 37.6 Å². The lowest BCUT2D eigenvalue weighted by molar-refractivity contribution is -0.192. The first-order valence-electron chi connectivity index (χ1n) is 11.0. The first-order chi connectivity index (χ1) is 17.5. The maximum atomic E-state index is 13.3. The molecule has 37 heavy (non-hydrogen) atoms. The number of carboxylic acid groups (broad SMARTS) is 1. The van der Waals surface area contributed by atoms with E-state index in [-0.39, 0.29) is 11.9 Å². The van der Waals surface area contributed by atoms with Gasteiger partial charge in [0.15, 0.2) is 5.60 Å². The third-order valence-corrected chi connectivity index (χ3v) is 5.42. The Kier molecular flexibility index (Phi) is 8.63. The third-order valence-electron chi connectivity index (χ3n) is 5.42. The number of nitrogens with zero attached hydrogens (tertiary/aromatic N) is 3. The van der Waals surface area contributed by atoms with E-state index < -0.39 is 23.6 Å². The van der Waals surface area contributed by atoms with Crippen molar-refractivity contribution >= 4 is 29.3 Å². The second-order valence-electron chi connectivity index (χ2n) is 8.30. The lowest BCUT2D eigenvalue weighted by Gasteiger charge is -2.38. The van der Waals surface area contributed by atoms with Gasteiger partial charge in [0.05, 0.1) is 6.54 Å². The second kappa shape index (κ2) is 11.7. The van der Waals surface area contributed by atoms with E-state index in [9.17, 15) is 27.2 Å². The van der Waals surface area contributed by atoms with Crippen LogP contribution in [0.15, 0.2) is 53.9 Å². The number of carbonyl (C=O) groups excluding carboxylic acids is 2. The van der Waals surface area contributed by atoms with Crippen LogP contribution in [0.25, 0.3) is 0 Å². The number of carboxylic acids is 1. The molecule has 1 fully saturated rings. The lowest BCUT2D eigenvalue weighted by Crippen LogP contribution is -2.52. The van der Waals surface area contributed by atoms with Crippen LogP contribution < -0.4 is 10.6 Å². The molecule has 1 aromatic carbocycles. The van der Waals surface area contributed by atoms with Crippen LogP contribution in [0.4, 0.5) is 28.0 Å². The topological polar surface area (TPSA) is 133 Å². The molecular formula is C23H23F4N5O5. The molecule has 1 atom stereocenters. The number of benzene rings is 1. The van der Waals surface area contributed by atoms with Gasteiger partial charge >= 0.3 is 18.2 Å². The van der Waals surface area contributed by atoms with E-state index in [2.05, 4.69) is 20.8 Å². The van der Waals surface area contributed by atoms with E-state index in [1.165, 1.54) is 18.2 Å². The van der Waals surface area contributed by atoms with E-state index in [1.54, 1.807) is 29.4 Å². The summed E-state index contributed by atoms with van der Waals surface area (Å²) in [6, 6.07) is 9.08. The van der Waals surface area contributed by atoms with Gasteiger partial charge in [-0.1, -0.05) is 17.3 Å². The van der Waals surface area contributed by atoms with Crippen molar-refractivity contribution in [2.24, 2.45) is 5.16 Å². The Morgan fingerprint density at radius 2 is 1.95 bits per heavy atom. The van der Waals surface area contributed by atoms with Gasteiger partial charge in [-0.05, 0) is 42.7 Å². The van der Waals surface area contributed by atoms with Gasteiger partial charge in [0.25, 0.3) is 5.91 Å². The number of amides is 3. The van der Waals surface area contributed by atoms with Gasteiger partial charge in [-0.2, -0.15) is 13.2 Å². The van der Waals surface area contributed by atoms with Gasteiger partial charge in [-0.25, -0.2) is 14.0 Å². The van der Waals surface area contributed by atoms with Crippen LogP contribution in [0.5, 0.6) is 0 Å². The molecule has 1 saturated heterocycles. The SMILES string of the molecule is O=C(NCc1cccnc1)C1=NOC2(CCCN(C(=O)Nc3cccc(F)c3)C2)C1.O=C(O)C(F)(F)F. The Morgan fingerprint density at radius 3 is 2.59 bits per heavy atom. The van der Waals surface area contributed by atoms with E-state index in [0.29, 0.717) is 43.9 Å². The summed E-state index contributed by atoms with van der Waals surface area (Å²) in [5.41, 5.74) is 0.876. The molecule has 3 N–H and O–H groups in total. The minimum atomic E-state index is -5.08. The van der Waals surface area contributed by atoms with Crippen molar-refractivity contribution in [3.05, 3.63) is 60.2 Å². The number of hydrogen-bond acceptors (Lipinski definition) is 6. The van der Waals surface area contributed by atoms with E-state index in [1.807, 2.05) is 6.07 Å². The largest absolute Gasteiger partial charge is 0.490 e. The van der Waals surface area contributed by atoms with Crippen LogP contribution in [0.2, 0.25) is 0 Å². The summed E-state index contributed by atoms with van der Waals surface area (Å²) in [5.74, 6) is -3.47. The van der Waals surface area contributed by atoms with Crippen molar-refractivity contribution in [3.8, 4) is 0 Å². The molecule has 2 aromatic rings. The first-order valence-corrected chi connectivity index (χ1v) is 11.0. The zero-order chi connectivity index (χ0) is 27.1. The number of alkyl halides is 3. The zero-order valence-corrected chi connectivity index (χ0v) is 19.3. The number of pyridine rings is 1. The first kappa shape index (κ1) is 27.4. The number of piperidine rings is 1. The van der Waals surface area contributed by atoms with Gasteiger partial charge in [0.2, 0.25) is 0 Å². The number of aromatic nitrogens is 1. The summed E-state index contributed by atoms with van der Waals surface area (Å²) in [4.78, 5) is 45.2. The molecule has 2 aliphatic rings. The van der Waals surface area contributed by atoms with Gasteiger partial charge in [-0.3, -0.25) is 9.78 Å². The minimum absolute atomic E-state index is 0.294. The zero-order valence-electron chi connectivity index (χ0n) is 19.3. The summed E-state index contributed by atoms with van der Waals surface area (Å²) < 4.78 is 45.1. The molecule has 3 amide bonds. The number of aliphatic carboxylic acids is 1. The molecule has 4 rings (SSSR count). The van der Waals surface area contributed by atoms with Crippen molar-refractivity contribution in [3.63, 3.8) is 0 Å². The van der Waals surface area contributed by atoms with E-state index >= 15 is 0 Å². The van der Waals surface area contributed by atoms with E-state index in [4.69, 9.17) is 14.7 Å². The Balaban J connectivity index is 0.000000479. The smallest absolute Gasteiger partial charge is 0.475 e. The van der Waals surface area contributed by atoms with Crippen LogP contribution in [0.1, 0.15) is 24.8 Å². The Labute approximate surface area is 208 Å².